The fourth-order valence-corrected chi connectivity index (χ4v) is 2.14. The quantitative estimate of drug-likeness (QED) is 0.647. The van der Waals surface area contributed by atoms with E-state index in [1.807, 2.05) is 0 Å². The molecule has 18 heavy (non-hydrogen) atoms. The second kappa shape index (κ2) is 5.81. The molecule has 1 aromatic heterocycles. The fraction of sp³-hybridized carbons (Fsp3) is 0. The summed E-state index contributed by atoms with van der Waals surface area (Å²) in [6.07, 6.45) is 2.90. The first-order valence-corrected chi connectivity index (χ1v) is 6.22. The largest absolute Gasteiger partial charge is 0.399 e. The molecule has 0 unspecified atom stereocenters. The number of aromatic nitrogens is 2. The zero-order chi connectivity index (χ0) is 12.3. The molecule has 0 aliphatic heterocycles. The number of benzene rings is 1. The minimum Gasteiger partial charge on any atom is -0.399 e. The van der Waals surface area contributed by atoms with Gasteiger partial charge in [-0.25, -0.2) is 23.1 Å². The van der Waals surface area contributed by atoms with E-state index in [9.17, 15) is 8.42 Å². The van der Waals surface area contributed by atoms with Crippen LogP contribution in [0.5, 0.6) is 0 Å². The molecule has 1 heterocycles. The molecule has 0 aliphatic rings. The van der Waals surface area contributed by atoms with E-state index in [0.29, 0.717) is 5.69 Å². The van der Waals surface area contributed by atoms with Crippen LogP contribution in [-0.2, 0) is 27.1 Å². The Morgan fingerprint density at radius 3 is 2.17 bits per heavy atom. The van der Waals surface area contributed by atoms with Crippen LogP contribution in [0.15, 0.2) is 47.6 Å². The molecule has 0 aliphatic carbocycles. The van der Waals surface area contributed by atoms with Gasteiger partial charge >= 0.3 is 0 Å². The smallest absolute Gasteiger partial charge is 0.264 e. The van der Waals surface area contributed by atoms with Crippen molar-refractivity contribution in [2.75, 3.05) is 10.5 Å². The number of hydrogen-bond donors (Lipinski definition) is 2. The Hall–Kier alpha value is -1.63. The van der Waals surface area contributed by atoms with Crippen molar-refractivity contribution in [2.45, 2.75) is 4.90 Å². The monoisotopic (exact) mass is 313 g/mol. The van der Waals surface area contributed by atoms with E-state index >= 15 is 0 Å². The number of nitrogens with one attached hydrogen (secondary N) is 1. The molecule has 2 aromatic rings. The van der Waals surface area contributed by atoms with Crippen LogP contribution in [0.25, 0.3) is 0 Å². The molecule has 0 saturated heterocycles. The molecular formula is C10H10CuN4O2S. The third-order valence-electron chi connectivity index (χ3n) is 1.98. The summed E-state index contributed by atoms with van der Waals surface area (Å²) in [5.41, 5.74) is 5.98. The van der Waals surface area contributed by atoms with E-state index in [0.717, 1.165) is 0 Å². The summed E-state index contributed by atoms with van der Waals surface area (Å²) in [6.45, 7) is 0. The van der Waals surface area contributed by atoms with E-state index < -0.39 is 10.0 Å². The molecule has 99 valence electrons. The molecule has 0 fully saturated rings. The van der Waals surface area contributed by atoms with Gasteiger partial charge in [-0.1, -0.05) is 0 Å². The minimum absolute atomic E-state index is 0. The normalized spacial score (nSPS) is 10.4. The van der Waals surface area contributed by atoms with Crippen LogP contribution in [0.1, 0.15) is 0 Å². The maximum Gasteiger partial charge on any atom is 0.264 e. The number of rotatable bonds is 3. The number of anilines is 2. The molecule has 1 aromatic carbocycles. The van der Waals surface area contributed by atoms with Crippen LogP contribution < -0.4 is 10.5 Å². The Balaban J connectivity index is 0.00000162. The SMILES string of the molecule is Nc1ccc(S(=O)(=O)Nc2ncccn2)cc1.[Cu]. The number of nitrogens with two attached hydrogens (primary N) is 1. The van der Waals surface area contributed by atoms with Crippen molar-refractivity contribution in [2.24, 2.45) is 0 Å². The van der Waals surface area contributed by atoms with Crippen LogP contribution in [0, 0.1) is 0 Å². The summed E-state index contributed by atoms with van der Waals surface area (Å²) in [5, 5.41) is 0. The van der Waals surface area contributed by atoms with Crippen LogP contribution in [-0.4, -0.2) is 18.4 Å². The van der Waals surface area contributed by atoms with E-state index in [-0.39, 0.29) is 27.9 Å². The van der Waals surface area contributed by atoms with Crippen molar-refractivity contribution in [3.05, 3.63) is 42.7 Å². The van der Waals surface area contributed by atoms with Crippen LogP contribution in [0.2, 0.25) is 0 Å². The number of nitrogens with zero attached hydrogens (tertiary/aromatic N) is 2. The van der Waals surface area contributed by atoms with Crippen molar-refractivity contribution in [1.82, 2.24) is 9.97 Å². The Morgan fingerprint density at radius 2 is 1.61 bits per heavy atom. The standard InChI is InChI=1S/C10H10N4O2S.Cu/c11-8-2-4-9(5-3-8)17(15,16)14-10-12-6-1-7-13-10;/h1-7H,11H2,(H,12,13,14);. The molecule has 0 atom stereocenters. The second-order valence-electron chi connectivity index (χ2n) is 3.25. The van der Waals surface area contributed by atoms with Crippen molar-refractivity contribution in [3.8, 4) is 0 Å². The number of hydrogen-bond acceptors (Lipinski definition) is 5. The van der Waals surface area contributed by atoms with Gasteiger partial charge in [0.1, 0.15) is 0 Å². The zero-order valence-corrected chi connectivity index (χ0v) is 10.8. The molecule has 1 radical (unpaired) electrons. The first kappa shape index (κ1) is 14.4. The van der Waals surface area contributed by atoms with Gasteiger partial charge in [-0.2, -0.15) is 0 Å². The molecule has 8 heteroatoms. The Labute approximate surface area is 115 Å². The fourth-order valence-electron chi connectivity index (χ4n) is 1.18. The maximum absolute atomic E-state index is 11.9. The van der Waals surface area contributed by atoms with Gasteiger partial charge in [-0.3, -0.25) is 0 Å². The van der Waals surface area contributed by atoms with E-state index in [4.69, 9.17) is 5.73 Å². The van der Waals surface area contributed by atoms with Gasteiger partial charge in [0.25, 0.3) is 10.0 Å². The van der Waals surface area contributed by atoms with Gasteiger partial charge < -0.3 is 5.73 Å². The summed E-state index contributed by atoms with van der Waals surface area (Å²) in [4.78, 5) is 7.67. The van der Waals surface area contributed by atoms with E-state index in [1.165, 1.54) is 36.7 Å². The van der Waals surface area contributed by atoms with Gasteiger partial charge in [0.2, 0.25) is 5.95 Å². The van der Waals surface area contributed by atoms with Crippen LogP contribution in [0.4, 0.5) is 11.6 Å². The Kier molecular flexibility index (Phi) is 4.66. The first-order valence-electron chi connectivity index (χ1n) is 4.73. The minimum atomic E-state index is -3.66. The molecule has 3 N–H and O–H groups in total. The summed E-state index contributed by atoms with van der Waals surface area (Å²) >= 11 is 0. The van der Waals surface area contributed by atoms with Gasteiger partial charge in [-0.05, 0) is 30.3 Å². The number of nitrogen functional groups attached to an aromatic ring is 1. The Bertz CT molecular complexity index is 602. The number of sulfonamides is 1. The molecule has 6 nitrogen and oxygen atoms in total. The van der Waals surface area contributed by atoms with Gasteiger partial charge in [-0.15, -0.1) is 0 Å². The first-order chi connectivity index (χ1) is 8.08. The molecule has 0 bridgehead atoms. The summed E-state index contributed by atoms with van der Waals surface area (Å²) in [6, 6.07) is 7.46. The van der Waals surface area contributed by atoms with Gasteiger partial charge in [0.05, 0.1) is 4.90 Å². The average molecular weight is 314 g/mol. The summed E-state index contributed by atoms with van der Waals surface area (Å²) in [5.74, 6) is 0.0318. The van der Waals surface area contributed by atoms with Gasteiger partial charge in [0, 0.05) is 35.1 Å². The average Bonchev–Trinajstić information content (AvgIpc) is 2.30. The van der Waals surface area contributed by atoms with Crippen molar-refractivity contribution >= 4 is 21.7 Å². The summed E-state index contributed by atoms with van der Waals surface area (Å²) in [7, 11) is -3.66. The molecular weight excluding hydrogens is 304 g/mol. The Morgan fingerprint density at radius 1 is 1.06 bits per heavy atom. The van der Waals surface area contributed by atoms with Crippen molar-refractivity contribution < 1.29 is 25.5 Å². The topological polar surface area (TPSA) is 98.0 Å². The molecule has 2 rings (SSSR count). The predicted octanol–water partition coefficient (Wildman–Crippen LogP) is 0.857. The molecule has 0 saturated carbocycles. The summed E-state index contributed by atoms with van der Waals surface area (Å²) < 4.78 is 26.0. The van der Waals surface area contributed by atoms with E-state index in [2.05, 4.69) is 14.7 Å². The van der Waals surface area contributed by atoms with Crippen molar-refractivity contribution in [1.29, 1.82) is 0 Å². The van der Waals surface area contributed by atoms with Crippen molar-refractivity contribution in [3.63, 3.8) is 0 Å². The van der Waals surface area contributed by atoms with E-state index in [1.54, 1.807) is 6.07 Å². The maximum atomic E-state index is 11.9. The molecule has 0 spiro atoms. The second-order valence-corrected chi connectivity index (χ2v) is 4.93. The predicted molar refractivity (Wildman–Crippen MR) is 63.7 cm³/mol. The molecule has 0 amide bonds. The van der Waals surface area contributed by atoms with Crippen LogP contribution >= 0.6 is 0 Å². The third kappa shape index (κ3) is 3.43. The van der Waals surface area contributed by atoms with Crippen LogP contribution in [0.3, 0.4) is 0 Å². The third-order valence-corrected chi connectivity index (χ3v) is 3.33. The van der Waals surface area contributed by atoms with Gasteiger partial charge in [0.15, 0.2) is 0 Å². The zero-order valence-electron chi connectivity index (χ0n) is 9.04.